The summed E-state index contributed by atoms with van der Waals surface area (Å²) in [6.07, 6.45) is -3.92. The first-order valence-corrected chi connectivity index (χ1v) is 8.14. The number of pyridine rings is 1. The number of nitrogens with two attached hydrogens (primary N) is 1. The van der Waals surface area contributed by atoms with Crippen molar-refractivity contribution in [3.63, 3.8) is 0 Å². The van der Waals surface area contributed by atoms with E-state index in [1.807, 2.05) is 0 Å². The van der Waals surface area contributed by atoms with Crippen molar-refractivity contribution < 1.29 is 29.6 Å². The van der Waals surface area contributed by atoms with Crippen molar-refractivity contribution in [3.05, 3.63) is 58.1 Å². The summed E-state index contributed by atoms with van der Waals surface area (Å²) < 4.78 is 85.8. The van der Waals surface area contributed by atoms with E-state index in [4.69, 9.17) is 28.9 Å². The molecule has 3 rings (SSSR count). The number of nitrogens with zero attached hydrogens (tertiary/aromatic N) is 2. The molecule has 1 aliphatic rings. The number of amidine groups is 1. The van der Waals surface area contributed by atoms with Crippen molar-refractivity contribution in [2.45, 2.75) is 18.8 Å². The second-order valence-electron chi connectivity index (χ2n) is 5.86. The first-order valence-electron chi connectivity index (χ1n) is 10.3. The summed E-state index contributed by atoms with van der Waals surface area (Å²) in [7, 11) is 0. The number of rotatable bonds is 4. The number of hydrogen-bond donors (Lipinski definition) is 2. The van der Waals surface area contributed by atoms with Crippen LogP contribution in [0, 0.1) is 12.7 Å². The zero-order valence-electron chi connectivity index (χ0n) is 19.0. The Kier molecular flexibility index (Phi) is 3.98. The second-order valence-corrected chi connectivity index (χ2v) is 6.23. The molecule has 0 saturated heterocycles. The number of ether oxygens (including phenoxy) is 1. The van der Waals surface area contributed by atoms with Crippen LogP contribution in [0.3, 0.4) is 0 Å². The molecule has 1 aromatic carbocycles. The van der Waals surface area contributed by atoms with Crippen molar-refractivity contribution >= 4 is 29.0 Å². The molecule has 3 N–H and O–H groups in total. The zero-order chi connectivity index (χ0) is 24.7. The fourth-order valence-electron chi connectivity index (χ4n) is 2.65. The number of benzene rings is 1. The van der Waals surface area contributed by atoms with Gasteiger partial charge in [0, 0.05) is 21.5 Å². The summed E-state index contributed by atoms with van der Waals surface area (Å²) in [5, 5.41) is 1.66. The number of anilines is 1. The van der Waals surface area contributed by atoms with Gasteiger partial charge in [-0.25, -0.2) is 18.2 Å². The molecule has 10 heteroatoms. The lowest BCUT2D eigenvalue weighted by atomic mass is 9.90. The molecule has 0 spiro atoms. The van der Waals surface area contributed by atoms with Crippen molar-refractivity contribution in [1.82, 2.24) is 4.98 Å². The third-order valence-electron chi connectivity index (χ3n) is 3.92. The Morgan fingerprint density at radius 3 is 3.00 bits per heavy atom. The smallest absolute Gasteiger partial charge is 0.274 e. The van der Waals surface area contributed by atoms with E-state index in [2.05, 4.69) is 15.3 Å². The molecule has 0 fully saturated rings. The third-order valence-corrected chi connectivity index (χ3v) is 4.10. The van der Waals surface area contributed by atoms with Gasteiger partial charge >= 0.3 is 0 Å². The molecule has 1 atom stereocenters. The first-order chi connectivity index (χ1) is 15.3. The zero-order valence-corrected chi connectivity index (χ0v) is 14.8. The minimum Gasteiger partial charge on any atom is -0.385 e. The largest absolute Gasteiger partial charge is 0.385 e. The standard InChI is InChI=1S/C18H16ClF3N4O2/c1-9-4-10(19)6-24-15(9)16(27)25-11-2-3-13(20)12(5-11)18(17(21)22)8-28-7-14(23)26-18/h2-6,17H,7-8H2,1H3,(H2,23,26)(H,25,27)/t18-/m0/s1/i1D3,4D,6D. The van der Waals surface area contributed by atoms with E-state index >= 15 is 0 Å². The van der Waals surface area contributed by atoms with E-state index in [1.165, 1.54) is 0 Å². The predicted molar refractivity (Wildman–Crippen MR) is 98.5 cm³/mol. The SMILES string of the molecule is [2H]c1nc(C(=O)Nc2ccc(F)c([C@]3(C(F)F)COCC(N)=N3)c2)c(C([2H])([2H])[2H])c([2H])c1Cl. The Balaban J connectivity index is 2.07. The Bertz CT molecular complexity index is 1150. The molecule has 0 unspecified atom stereocenters. The van der Waals surface area contributed by atoms with Gasteiger partial charge in [-0.3, -0.25) is 9.79 Å². The third kappa shape index (κ3) is 3.81. The average molecular weight is 418 g/mol. The normalized spacial score (nSPS) is 22.5. The molecule has 2 aromatic rings. The van der Waals surface area contributed by atoms with Crippen LogP contribution in [0.1, 0.15) is 28.5 Å². The molecule has 1 amide bonds. The number of carbonyl (C=O) groups is 1. The van der Waals surface area contributed by atoms with Gasteiger partial charge in [0.2, 0.25) is 0 Å². The summed E-state index contributed by atoms with van der Waals surface area (Å²) in [5.74, 6) is -2.51. The number of alkyl halides is 2. The minimum absolute atomic E-state index is 0.206. The highest BCUT2D eigenvalue weighted by Gasteiger charge is 2.46. The van der Waals surface area contributed by atoms with Crippen molar-refractivity contribution in [1.29, 1.82) is 0 Å². The average Bonchev–Trinajstić information content (AvgIpc) is 2.71. The number of aliphatic imine (C=N–C) groups is 1. The maximum Gasteiger partial charge on any atom is 0.274 e. The van der Waals surface area contributed by atoms with Crippen LogP contribution >= 0.6 is 11.6 Å². The first kappa shape index (κ1) is 14.4. The summed E-state index contributed by atoms with van der Waals surface area (Å²) in [4.78, 5) is 20.1. The van der Waals surface area contributed by atoms with Crippen molar-refractivity contribution in [3.8, 4) is 0 Å². The van der Waals surface area contributed by atoms with E-state index in [9.17, 15) is 18.0 Å². The summed E-state index contributed by atoms with van der Waals surface area (Å²) in [6.45, 7) is -3.86. The van der Waals surface area contributed by atoms with Gasteiger partial charge in [0.1, 0.15) is 24.0 Å². The molecular weight excluding hydrogens is 397 g/mol. The van der Waals surface area contributed by atoms with Gasteiger partial charge < -0.3 is 15.8 Å². The van der Waals surface area contributed by atoms with Crippen LogP contribution in [0.5, 0.6) is 0 Å². The van der Waals surface area contributed by atoms with Gasteiger partial charge in [0.05, 0.1) is 14.4 Å². The summed E-state index contributed by atoms with van der Waals surface area (Å²) in [5.41, 5.74) is 0.657. The Labute approximate surface area is 170 Å². The number of aromatic nitrogens is 1. The molecule has 148 valence electrons. The monoisotopic (exact) mass is 417 g/mol. The van der Waals surface area contributed by atoms with Gasteiger partial charge in [0.25, 0.3) is 12.3 Å². The molecule has 0 aliphatic carbocycles. The number of nitrogens with one attached hydrogen (secondary N) is 1. The molecule has 0 bridgehead atoms. The maximum atomic E-state index is 14.6. The molecular formula is C18H16ClF3N4O2. The Morgan fingerprint density at radius 2 is 2.32 bits per heavy atom. The van der Waals surface area contributed by atoms with Crippen molar-refractivity contribution in [2.24, 2.45) is 10.7 Å². The van der Waals surface area contributed by atoms with Gasteiger partial charge in [-0.15, -0.1) is 0 Å². The van der Waals surface area contributed by atoms with Crippen LogP contribution < -0.4 is 11.1 Å². The van der Waals surface area contributed by atoms with Gasteiger partial charge in [0.15, 0.2) is 5.54 Å². The molecule has 2 heterocycles. The van der Waals surface area contributed by atoms with E-state index in [0.717, 1.165) is 18.2 Å². The van der Waals surface area contributed by atoms with Crippen LogP contribution in [-0.2, 0) is 10.3 Å². The van der Waals surface area contributed by atoms with Crippen LogP contribution in [0.2, 0.25) is 5.02 Å². The molecule has 1 aliphatic heterocycles. The summed E-state index contributed by atoms with van der Waals surface area (Å²) in [6, 6.07) is 1.96. The molecule has 1 aromatic heterocycles. The molecule has 28 heavy (non-hydrogen) atoms. The number of amides is 1. The molecule has 0 radical (unpaired) electrons. The highest BCUT2D eigenvalue weighted by Crippen LogP contribution is 2.38. The topological polar surface area (TPSA) is 89.6 Å². The molecule has 6 nitrogen and oxygen atoms in total. The number of hydrogen-bond acceptors (Lipinski definition) is 5. The number of halogens is 4. The van der Waals surface area contributed by atoms with Crippen molar-refractivity contribution in [2.75, 3.05) is 18.5 Å². The van der Waals surface area contributed by atoms with E-state index in [-0.39, 0.29) is 18.1 Å². The van der Waals surface area contributed by atoms with Crippen LogP contribution in [0.4, 0.5) is 18.9 Å². The van der Waals surface area contributed by atoms with E-state index < -0.39 is 71.2 Å². The Morgan fingerprint density at radius 1 is 1.54 bits per heavy atom. The fourth-order valence-corrected chi connectivity index (χ4v) is 2.78. The summed E-state index contributed by atoms with van der Waals surface area (Å²) >= 11 is 5.74. The van der Waals surface area contributed by atoms with Gasteiger partial charge in [-0.2, -0.15) is 0 Å². The molecule has 0 saturated carbocycles. The lowest BCUT2D eigenvalue weighted by Gasteiger charge is -2.33. The highest BCUT2D eigenvalue weighted by molar-refractivity contribution is 6.30. The van der Waals surface area contributed by atoms with Gasteiger partial charge in [-0.05, 0) is 36.7 Å². The second kappa shape index (κ2) is 7.76. The predicted octanol–water partition coefficient (Wildman–Crippen LogP) is 3.28. The van der Waals surface area contributed by atoms with Crippen LogP contribution in [0.15, 0.2) is 35.4 Å². The number of carbonyl (C=O) groups excluding carboxylic acids is 1. The van der Waals surface area contributed by atoms with E-state index in [1.54, 1.807) is 0 Å². The van der Waals surface area contributed by atoms with Crippen LogP contribution in [0.25, 0.3) is 0 Å². The highest BCUT2D eigenvalue weighted by atomic mass is 35.5. The minimum atomic E-state index is -3.21. The quantitative estimate of drug-likeness (QED) is 0.798. The lowest BCUT2D eigenvalue weighted by molar-refractivity contribution is -0.0145. The lowest BCUT2D eigenvalue weighted by Crippen LogP contribution is -2.45. The van der Waals surface area contributed by atoms with E-state index in [0.29, 0.717) is 0 Å². The fraction of sp³-hybridized carbons (Fsp3) is 0.278. The maximum absolute atomic E-state index is 14.6. The van der Waals surface area contributed by atoms with Crippen LogP contribution in [-0.4, -0.2) is 36.4 Å². The van der Waals surface area contributed by atoms with Gasteiger partial charge in [-0.1, -0.05) is 11.6 Å². The Hall–Kier alpha value is -2.65.